The van der Waals surface area contributed by atoms with Crippen LogP contribution in [0.4, 0.5) is 4.39 Å². The molecule has 1 unspecified atom stereocenters. The first-order valence-electron chi connectivity index (χ1n) is 5.79. The zero-order valence-corrected chi connectivity index (χ0v) is 10.8. The zero-order valence-electron chi connectivity index (χ0n) is 10.8. The van der Waals surface area contributed by atoms with Crippen molar-refractivity contribution in [1.82, 2.24) is 4.90 Å². The molecule has 0 saturated heterocycles. The van der Waals surface area contributed by atoms with Crippen LogP contribution in [0.3, 0.4) is 0 Å². The SMILES string of the molecule is CC(C(=O)O)N(C)C(=O)CCOc1ccccc1F. The van der Waals surface area contributed by atoms with Gasteiger partial charge in [-0.3, -0.25) is 4.79 Å². The molecule has 0 spiro atoms. The third-order valence-electron chi connectivity index (χ3n) is 2.74. The number of carboxylic acid groups (broad SMARTS) is 1. The average Bonchev–Trinajstić information content (AvgIpc) is 2.38. The molecule has 19 heavy (non-hydrogen) atoms. The van der Waals surface area contributed by atoms with E-state index < -0.39 is 17.8 Å². The first kappa shape index (κ1) is 14.9. The highest BCUT2D eigenvalue weighted by atomic mass is 19.1. The lowest BCUT2D eigenvalue weighted by Gasteiger charge is -2.21. The maximum atomic E-state index is 13.2. The van der Waals surface area contributed by atoms with Gasteiger partial charge in [0.2, 0.25) is 5.91 Å². The fraction of sp³-hybridized carbons (Fsp3) is 0.385. The summed E-state index contributed by atoms with van der Waals surface area (Å²) in [6, 6.07) is 4.98. The van der Waals surface area contributed by atoms with Crippen molar-refractivity contribution in [2.24, 2.45) is 0 Å². The number of aliphatic carboxylic acids is 1. The minimum absolute atomic E-state index is 0.00353. The lowest BCUT2D eigenvalue weighted by atomic mass is 10.2. The van der Waals surface area contributed by atoms with Crippen molar-refractivity contribution in [2.75, 3.05) is 13.7 Å². The van der Waals surface area contributed by atoms with Crippen molar-refractivity contribution in [1.29, 1.82) is 0 Å². The number of benzene rings is 1. The van der Waals surface area contributed by atoms with E-state index in [9.17, 15) is 14.0 Å². The maximum Gasteiger partial charge on any atom is 0.326 e. The molecule has 1 N–H and O–H groups in total. The van der Waals surface area contributed by atoms with Crippen LogP contribution in [0, 0.1) is 5.82 Å². The van der Waals surface area contributed by atoms with E-state index in [-0.39, 0.29) is 24.7 Å². The highest BCUT2D eigenvalue weighted by Crippen LogP contribution is 2.15. The Kier molecular flexibility index (Phi) is 5.29. The number of halogens is 1. The van der Waals surface area contributed by atoms with Gasteiger partial charge in [-0.2, -0.15) is 0 Å². The topological polar surface area (TPSA) is 66.8 Å². The first-order valence-corrected chi connectivity index (χ1v) is 5.79. The summed E-state index contributed by atoms with van der Waals surface area (Å²) in [5, 5.41) is 8.77. The summed E-state index contributed by atoms with van der Waals surface area (Å²) in [5.74, 6) is -1.87. The molecule has 0 fully saturated rings. The predicted molar refractivity (Wildman–Crippen MR) is 66.4 cm³/mol. The summed E-state index contributed by atoms with van der Waals surface area (Å²) in [5.41, 5.74) is 0. The Labute approximate surface area is 110 Å². The van der Waals surface area contributed by atoms with Gasteiger partial charge in [-0.05, 0) is 19.1 Å². The highest BCUT2D eigenvalue weighted by Gasteiger charge is 2.21. The number of carbonyl (C=O) groups is 2. The Balaban J connectivity index is 2.43. The Morgan fingerprint density at radius 2 is 2.05 bits per heavy atom. The van der Waals surface area contributed by atoms with Crippen molar-refractivity contribution in [3.8, 4) is 5.75 Å². The number of nitrogens with zero attached hydrogens (tertiary/aromatic N) is 1. The summed E-state index contributed by atoms with van der Waals surface area (Å²) in [6.45, 7) is 1.41. The molecule has 1 amide bonds. The smallest absolute Gasteiger partial charge is 0.326 e. The van der Waals surface area contributed by atoms with E-state index in [0.29, 0.717) is 0 Å². The molecule has 104 valence electrons. The third-order valence-corrected chi connectivity index (χ3v) is 2.74. The quantitative estimate of drug-likeness (QED) is 0.850. The van der Waals surface area contributed by atoms with Crippen molar-refractivity contribution in [2.45, 2.75) is 19.4 Å². The van der Waals surface area contributed by atoms with Gasteiger partial charge in [-0.15, -0.1) is 0 Å². The van der Waals surface area contributed by atoms with Gasteiger partial charge in [0.15, 0.2) is 11.6 Å². The Morgan fingerprint density at radius 3 is 2.63 bits per heavy atom. The van der Waals surface area contributed by atoms with Gasteiger partial charge in [0, 0.05) is 7.05 Å². The second-order valence-corrected chi connectivity index (χ2v) is 4.05. The molecular formula is C13H16FNO4. The molecule has 0 aliphatic rings. The number of para-hydroxylation sites is 1. The van der Waals surface area contributed by atoms with E-state index in [2.05, 4.69) is 0 Å². The van der Waals surface area contributed by atoms with Gasteiger partial charge in [0.25, 0.3) is 0 Å². The summed E-state index contributed by atoms with van der Waals surface area (Å²) >= 11 is 0. The van der Waals surface area contributed by atoms with Gasteiger partial charge < -0.3 is 14.7 Å². The predicted octanol–water partition coefficient (Wildman–Crippen LogP) is 1.53. The summed E-state index contributed by atoms with van der Waals surface area (Å²) < 4.78 is 18.3. The van der Waals surface area contributed by atoms with Crippen LogP contribution >= 0.6 is 0 Å². The van der Waals surface area contributed by atoms with Gasteiger partial charge in [-0.1, -0.05) is 12.1 Å². The van der Waals surface area contributed by atoms with E-state index in [1.54, 1.807) is 6.07 Å². The van der Waals surface area contributed by atoms with Crippen molar-refractivity contribution in [3.05, 3.63) is 30.1 Å². The molecule has 1 rings (SSSR count). The molecule has 0 aliphatic heterocycles. The monoisotopic (exact) mass is 269 g/mol. The molecule has 0 radical (unpaired) electrons. The summed E-state index contributed by atoms with van der Waals surface area (Å²) in [4.78, 5) is 23.5. The van der Waals surface area contributed by atoms with Gasteiger partial charge in [0.1, 0.15) is 6.04 Å². The largest absolute Gasteiger partial charge is 0.490 e. The van der Waals surface area contributed by atoms with Gasteiger partial charge >= 0.3 is 5.97 Å². The van der Waals surface area contributed by atoms with E-state index in [1.807, 2.05) is 0 Å². The minimum Gasteiger partial charge on any atom is -0.490 e. The molecule has 1 aromatic carbocycles. The lowest BCUT2D eigenvalue weighted by molar-refractivity contribution is -0.148. The van der Waals surface area contributed by atoms with Gasteiger partial charge in [-0.25, -0.2) is 9.18 Å². The van der Waals surface area contributed by atoms with Crippen LogP contribution < -0.4 is 4.74 Å². The van der Waals surface area contributed by atoms with E-state index in [1.165, 1.54) is 32.2 Å². The van der Waals surface area contributed by atoms with E-state index in [4.69, 9.17) is 9.84 Å². The number of carboxylic acids is 1. The lowest BCUT2D eigenvalue weighted by Crippen LogP contribution is -2.40. The fourth-order valence-electron chi connectivity index (χ4n) is 1.37. The number of ether oxygens (including phenoxy) is 1. The Hall–Kier alpha value is -2.11. The normalized spacial score (nSPS) is 11.7. The Morgan fingerprint density at radius 1 is 1.42 bits per heavy atom. The van der Waals surface area contributed by atoms with Crippen LogP contribution in [0.5, 0.6) is 5.75 Å². The van der Waals surface area contributed by atoms with Crippen LogP contribution in [0.1, 0.15) is 13.3 Å². The molecule has 1 aromatic rings. The summed E-state index contributed by atoms with van der Waals surface area (Å²) in [7, 11) is 1.41. The molecule has 5 nitrogen and oxygen atoms in total. The average molecular weight is 269 g/mol. The van der Waals surface area contributed by atoms with Crippen LogP contribution in [-0.2, 0) is 9.59 Å². The molecule has 0 saturated carbocycles. The van der Waals surface area contributed by atoms with Crippen LogP contribution in [0.2, 0.25) is 0 Å². The second kappa shape index (κ2) is 6.72. The fourth-order valence-corrected chi connectivity index (χ4v) is 1.37. The number of amides is 1. The van der Waals surface area contributed by atoms with Crippen LogP contribution in [0.15, 0.2) is 24.3 Å². The molecule has 0 aliphatic carbocycles. The standard InChI is InChI=1S/C13H16FNO4/c1-9(13(17)18)15(2)12(16)7-8-19-11-6-4-3-5-10(11)14/h3-6,9H,7-8H2,1-2H3,(H,17,18). The molecule has 0 bridgehead atoms. The van der Waals surface area contributed by atoms with Crippen molar-refractivity contribution in [3.63, 3.8) is 0 Å². The van der Waals surface area contributed by atoms with E-state index in [0.717, 1.165) is 4.90 Å². The highest BCUT2D eigenvalue weighted by molar-refractivity contribution is 5.83. The second-order valence-electron chi connectivity index (χ2n) is 4.05. The third kappa shape index (κ3) is 4.24. The molecular weight excluding hydrogens is 253 g/mol. The van der Waals surface area contributed by atoms with Crippen LogP contribution in [-0.4, -0.2) is 41.6 Å². The molecule has 6 heteroatoms. The van der Waals surface area contributed by atoms with E-state index >= 15 is 0 Å². The number of hydrogen-bond donors (Lipinski definition) is 1. The molecule has 0 heterocycles. The summed E-state index contributed by atoms with van der Waals surface area (Å²) in [6.07, 6.45) is -0.0115. The number of rotatable bonds is 6. The van der Waals surface area contributed by atoms with Crippen molar-refractivity contribution < 1.29 is 23.8 Å². The zero-order chi connectivity index (χ0) is 14.4. The number of carbonyl (C=O) groups excluding carboxylic acids is 1. The Bertz CT molecular complexity index is 464. The van der Waals surface area contributed by atoms with Crippen molar-refractivity contribution >= 4 is 11.9 Å². The number of hydrogen-bond acceptors (Lipinski definition) is 3. The molecule has 1 atom stereocenters. The van der Waals surface area contributed by atoms with Gasteiger partial charge in [0.05, 0.1) is 13.0 Å². The number of likely N-dealkylation sites (N-methyl/N-ethyl adjacent to an activating group) is 1. The molecule has 0 aromatic heterocycles. The van der Waals surface area contributed by atoms with Crippen LogP contribution in [0.25, 0.3) is 0 Å². The minimum atomic E-state index is -1.08. The first-order chi connectivity index (χ1) is 8.93. The maximum absolute atomic E-state index is 13.2.